The van der Waals surface area contributed by atoms with Crippen molar-refractivity contribution in [3.05, 3.63) is 41.1 Å². The van der Waals surface area contributed by atoms with Gasteiger partial charge in [-0.25, -0.2) is 4.68 Å². The molecule has 6 nitrogen and oxygen atoms in total. The Balaban J connectivity index is 1.66. The fourth-order valence-electron chi connectivity index (χ4n) is 1.77. The van der Waals surface area contributed by atoms with Crippen molar-refractivity contribution in [3.8, 4) is 0 Å². The van der Waals surface area contributed by atoms with Gasteiger partial charge in [-0.3, -0.25) is 9.48 Å². The van der Waals surface area contributed by atoms with Gasteiger partial charge in [-0.2, -0.15) is 10.2 Å². The van der Waals surface area contributed by atoms with Crippen molar-refractivity contribution in [1.29, 1.82) is 0 Å². The minimum Gasteiger partial charge on any atom is -0.381 e. The number of nitrogens with zero attached hydrogens (tertiary/aromatic N) is 4. The average Bonchev–Trinajstić information content (AvgIpc) is 3.02. The molecule has 2 aromatic heterocycles. The molecule has 3 rings (SSSR count). The van der Waals surface area contributed by atoms with Gasteiger partial charge >= 0.3 is 0 Å². The van der Waals surface area contributed by atoms with Gasteiger partial charge in [0.05, 0.1) is 25.0 Å². The highest BCUT2D eigenvalue weighted by Crippen LogP contribution is 2.23. The van der Waals surface area contributed by atoms with Crippen LogP contribution in [0.15, 0.2) is 35.5 Å². The predicted molar refractivity (Wildman–Crippen MR) is 67.4 cm³/mol. The van der Waals surface area contributed by atoms with Gasteiger partial charge in [-0.1, -0.05) is 0 Å². The van der Waals surface area contributed by atoms with Crippen LogP contribution in [0, 0.1) is 0 Å². The average molecular weight is 245 g/mol. The molecule has 0 unspecified atom stereocenters. The normalized spacial score (nSPS) is 14.7. The lowest BCUT2D eigenvalue weighted by molar-refractivity contribution is 0.482. The lowest BCUT2D eigenvalue weighted by Crippen LogP contribution is -2.25. The summed E-state index contributed by atoms with van der Waals surface area (Å²) in [5.74, 6) is 0. The maximum atomic E-state index is 11.8. The second kappa shape index (κ2) is 4.64. The van der Waals surface area contributed by atoms with Crippen molar-refractivity contribution >= 4 is 5.69 Å². The molecule has 0 atom stereocenters. The van der Waals surface area contributed by atoms with Gasteiger partial charge in [0.25, 0.3) is 5.56 Å². The summed E-state index contributed by atoms with van der Waals surface area (Å²) >= 11 is 0. The van der Waals surface area contributed by atoms with Gasteiger partial charge in [-0.05, 0) is 18.9 Å². The van der Waals surface area contributed by atoms with E-state index < -0.39 is 0 Å². The first-order valence-electron chi connectivity index (χ1n) is 6.12. The zero-order valence-corrected chi connectivity index (χ0v) is 9.99. The first-order valence-corrected chi connectivity index (χ1v) is 6.12. The van der Waals surface area contributed by atoms with Crippen LogP contribution in [0.1, 0.15) is 12.8 Å². The zero-order chi connectivity index (χ0) is 12.4. The number of anilines is 1. The zero-order valence-electron chi connectivity index (χ0n) is 9.99. The molecule has 94 valence electrons. The highest BCUT2D eigenvalue weighted by Gasteiger charge is 2.20. The number of hydrogen-bond acceptors (Lipinski definition) is 4. The second-order valence-electron chi connectivity index (χ2n) is 4.49. The monoisotopic (exact) mass is 245 g/mol. The fourth-order valence-corrected chi connectivity index (χ4v) is 1.77. The maximum Gasteiger partial charge on any atom is 0.268 e. The van der Waals surface area contributed by atoms with E-state index in [2.05, 4.69) is 15.5 Å². The Kier molecular flexibility index (Phi) is 2.84. The minimum atomic E-state index is -0.0761. The quantitative estimate of drug-likeness (QED) is 0.842. The third-order valence-corrected chi connectivity index (χ3v) is 2.92. The van der Waals surface area contributed by atoms with Crippen LogP contribution in [0.2, 0.25) is 0 Å². The molecule has 1 aliphatic carbocycles. The van der Waals surface area contributed by atoms with Crippen LogP contribution >= 0.6 is 0 Å². The molecule has 0 saturated heterocycles. The Hall–Kier alpha value is -2.11. The Morgan fingerprint density at radius 2 is 2.22 bits per heavy atom. The molecule has 1 N–H and O–H groups in total. The van der Waals surface area contributed by atoms with Gasteiger partial charge in [0.2, 0.25) is 0 Å². The summed E-state index contributed by atoms with van der Waals surface area (Å²) in [5.41, 5.74) is 0.741. The lowest BCUT2D eigenvalue weighted by atomic mass is 10.4. The number of hydrogen-bond donors (Lipinski definition) is 1. The summed E-state index contributed by atoms with van der Waals surface area (Å²) in [5, 5.41) is 11.5. The van der Waals surface area contributed by atoms with Crippen LogP contribution < -0.4 is 10.9 Å². The predicted octanol–water partition coefficient (Wildman–Crippen LogP) is 0.714. The van der Waals surface area contributed by atoms with E-state index >= 15 is 0 Å². The summed E-state index contributed by atoms with van der Waals surface area (Å²) in [7, 11) is 0. The molecule has 1 saturated carbocycles. The summed E-state index contributed by atoms with van der Waals surface area (Å²) in [6.45, 7) is 1.18. The molecular weight excluding hydrogens is 230 g/mol. The lowest BCUT2D eigenvalue weighted by Gasteiger charge is -2.07. The first kappa shape index (κ1) is 11.0. The third kappa shape index (κ3) is 2.58. The topological polar surface area (TPSA) is 64.7 Å². The Bertz CT molecular complexity index is 570. The Morgan fingerprint density at radius 1 is 1.33 bits per heavy atom. The Labute approximate surface area is 104 Å². The van der Waals surface area contributed by atoms with Gasteiger partial charge in [0.1, 0.15) is 0 Å². The summed E-state index contributed by atoms with van der Waals surface area (Å²) in [4.78, 5) is 11.8. The van der Waals surface area contributed by atoms with E-state index in [-0.39, 0.29) is 5.56 Å². The number of aryl methyl sites for hydroxylation is 2. The molecule has 18 heavy (non-hydrogen) atoms. The van der Waals surface area contributed by atoms with Gasteiger partial charge in [-0.15, -0.1) is 0 Å². The first-order chi connectivity index (χ1) is 8.81. The molecule has 0 aliphatic heterocycles. The van der Waals surface area contributed by atoms with E-state index in [0.717, 1.165) is 5.69 Å². The molecule has 6 heteroatoms. The van der Waals surface area contributed by atoms with Crippen LogP contribution in [0.3, 0.4) is 0 Å². The van der Waals surface area contributed by atoms with Crippen molar-refractivity contribution in [2.75, 3.05) is 5.32 Å². The van der Waals surface area contributed by atoms with E-state index in [0.29, 0.717) is 19.1 Å². The van der Waals surface area contributed by atoms with E-state index in [1.807, 2.05) is 12.3 Å². The van der Waals surface area contributed by atoms with Crippen molar-refractivity contribution in [2.45, 2.75) is 32.0 Å². The standard InChI is InChI=1S/C12H15N5O/c18-12-8-11(15-10-2-3-10)9-14-17(12)7-6-16-5-1-4-13-16/h1,4-5,8-10,15H,2-3,6-7H2. The van der Waals surface area contributed by atoms with Crippen molar-refractivity contribution < 1.29 is 0 Å². The van der Waals surface area contributed by atoms with E-state index in [9.17, 15) is 4.79 Å². The molecule has 0 radical (unpaired) electrons. The highest BCUT2D eigenvalue weighted by molar-refractivity contribution is 5.41. The third-order valence-electron chi connectivity index (χ3n) is 2.92. The van der Waals surface area contributed by atoms with Crippen molar-refractivity contribution in [3.63, 3.8) is 0 Å². The van der Waals surface area contributed by atoms with Crippen LogP contribution in [0.4, 0.5) is 5.69 Å². The van der Waals surface area contributed by atoms with Gasteiger partial charge in [0.15, 0.2) is 0 Å². The summed E-state index contributed by atoms with van der Waals surface area (Å²) in [6, 6.07) is 4.00. The van der Waals surface area contributed by atoms with Crippen molar-refractivity contribution in [1.82, 2.24) is 19.6 Å². The molecule has 0 spiro atoms. The van der Waals surface area contributed by atoms with Gasteiger partial charge in [0, 0.05) is 24.5 Å². The highest BCUT2D eigenvalue weighted by atomic mass is 16.1. The molecule has 1 fully saturated rings. The van der Waals surface area contributed by atoms with E-state index in [4.69, 9.17) is 0 Å². The second-order valence-corrected chi connectivity index (χ2v) is 4.49. The van der Waals surface area contributed by atoms with Crippen LogP contribution in [0.5, 0.6) is 0 Å². The minimum absolute atomic E-state index is 0.0761. The van der Waals surface area contributed by atoms with E-state index in [1.165, 1.54) is 17.5 Å². The molecule has 2 heterocycles. The SMILES string of the molecule is O=c1cc(NC2CC2)cnn1CCn1cccn1. The molecule has 0 aromatic carbocycles. The number of rotatable bonds is 5. The molecule has 1 aliphatic rings. The molecule has 0 amide bonds. The summed E-state index contributed by atoms with van der Waals surface area (Å²) < 4.78 is 3.24. The summed E-state index contributed by atoms with van der Waals surface area (Å²) in [6.07, 6.45) is 7.67. The molecule has 2 aromatic rings. The van der Waals surface area contributed by atoms with Crippen LogP contribution in [-0.4, -0.2) is 25.6 Å². The maximum absolute atomic E-state index is 11.8. The molecular formula is C12H15N5O. The smallest absolute Gasteiger partial charge is 0.268 e. The number of nitrogens with one attached hydrogen (secondary N) is 1. The van der Waals surface area contributed by atoms with Crippen LogP contribution in [-0.2, 0) is 13.1 Å². The molecule has 0 bridgehead atoms. The van der Waals surface area contributed by atoms with E-state index in [1.54, 1.807) is 23.1 Å². The van der Waals surface area contributed by atoms with Gasteiger partial charge < -0.3 is 5.32 Å². The fraction of sp³-hybridized carbons (Fsp3) is 0.417. The Morgan fingerprint density at radius 3 is 2.89 bits per heavy atom. The number of aromatic nitrogens is 4. The largest absolute Gasteiger partial charge is 0.381 e. The van der Waals surface area contributed by atoms with Crippen LogP contribution in [0.25, 0.3) is 0 Å². The van der Waals surface area contributed by atoms with Crippen molar-refractivity contribution in [2.24, 2.45) is 0 Å².